The molecule has 0 spiro atoms. The van der Waals surface area contributed by atoms with Crippen molar-refractivity contribution in [1.29, 1.82) is 5.26 Å². The van der Waals surface area contributed by atoms with Crippen molar-refractivity contribution >= 4 is 17.4 Å². The number of aromatic nitrogens is 1. The Kier molecular flexibility index (Phi) is 4.57. The van der Waals surface area contributed by atoms with Gasteiger partial charge in [-0.15, -0.1) is 0 Å². The van der Waals surface area contributed by atoms with E-state index in [0.29, 0.717) is 28.4 Å². The fourth-order valence-corrected chi connectivity index (χ4v) is 1.76. The molecule has 0 amide bonds. The van der Waals surface area contributed by atoms with Crippen LogP contribution in [0.2, 0.25) is 5.02 Å². The smallest absolute Gasteiger partial charge is 0.146 e. The summed E-state index contributed by atoms with van der Waals surface area (Å²) in [7, 11) is 0. The number of halogens is 1. The number of nitriles is 1. The third-order valence-corrected chi connectivity index (χ3v) is 2.96. The van der Waals surface area contributed by atoms with Crippen LogP contribution in [0.4, 0.5) is 5.82 Å². The molecule has 1 atom stereocenters. The lowest BCUT2D eigenvalue weighted by Crippen LogP contribution is -2.25. The SMILES string of the molecule is CCC(Nc1nccc(C#N)c1Cl)C(C)C. The fraction of sp³-hybridized carbons (Fsp3) is 0.500. The number of nitrogens with one attached hydrogen (secondary N) is 1. The van der Waals surface area contributed by atoms with Gasteiger partial charge >= 0.3 is 0 Å². The van der Waals surface area contributed by atoms with Gasteiger partial charge < -0.3 is 5.32 Å². The lowest BCUT2D eigenvalue weighted by atomic mass is 10.0. The average molecular weight is 238 g/mol. The Labute approximate surface area is 101 Å². The molecule has 1 aromatic rings. The second-order valence-electron chi connectivity index (χ2n) is 4.04. The van der Waals surface area contributed by atoms with E-state index in [9.17, 15) is 0 Å². The van der Waals surface area contributed by atoms with E-state index in [2.05, 4.69) is 31.1 Å². The topological polar surface area (TPSA) is 48.7 Å². The molecule has 4 heteroatoms. The average Bonchev–Trinajstić information content (AvgIpc) is 2.27. The third kappa shape index (κ3) is 2.86. The predicted molar refractivity (Wildman–Crippen MR) is 66.5 cm³/mol. The minimum absolute atomic E-state index is 0.318. The van der Waals surface area contributed by atoms with Gasteiger partial charge in [0.2, 0.25) is 0 Å². The summed E-state index contributed by atoms with van der Waals surface area (Å²) in [6, 6.07) is 3.98. The first kappa shape index (κ1) is 12.8. The van der Waals surface area contributed by atoms with E-state index >= 15 is 0 Å². The van der Waals surface area contributed by atoms with Crippen LogP contribution in [0, 0.1) is 17.2 Å². The summed E-state index contributed by atoms with van der Waals surface area (Å²) in [4.78, 5) is 4.16. The standard InChI is InChI=1S/C12H16ClN3/c1-4-10(8(2)3)16-12-11(13)9(7-14)5-6-15-12/h5-6,8,10H,4H2,1-3H3,(H,15,16). The molecule has 0 aliphatic heterocycles. The largest absolute Gasteiger partial charge is 0.366 e. The minimum Gasteiger partial charge on any atom is -0.366 e. The molecule has 0 fully saturated rings. The molecule has 0 radical (unpaired) electrons. The Balaban J connectivity index is 2.93. The van der Waals surface area contributed by atoms with Crippen molar-refractivity contribution in [1.82, 2.24) is 4.98 Å². The van der Waals surface area contributed by atoms with E-state index in [1.165, 1.54) is 0 Å². The van der Waals surface area contributed by atoms with E-state index in [1.54, 1.807) is 12.3 Å². The van der Waals surface area contributed by atoms with Crippen molar-refractivity contribution in [3.63, 3.8) is 0 Å². The highest BCUT2D eigenvalue weighted by Gasteiger charge is 2.14. The van der Waals surface area contributed by atoms with Gasteiger partial charge in [0.1, 0.15) is 16.9 Å². The number of rotatable bonds is 4. The van der Waals surface area contributed by atoms with E-state index in [1.807, 2.05) is 6.07 Å². The molecule has 1 unspecified atom stereocenters. The number of hydrogen-bond acceptors (Lipinski definition) is 3. The van der Waals surface area contributed by atoms with Gasteiger partial charge in [0.25, 0.3) is 0 Å². The van der Waals surface area contributed by atoms with E-state index < -0.39 is 0 Å². The van der Waals surface area contributed by atoms with Gasteiger partial charge in [-0.25, -0.2) is 4.98 Å². The number of pyridine rings is 1. The van der Waals surface area contributed by atoms with Crippen molar-refractivity contribution in [3.05, 3.63) is 22.8 Å². The first-order chi connectivity index (χ1) is 7.60. The first-order valence-corrected chi connectivity index (χ1v) is 5.79. The second kappa shape index (κ2) is 5.72. The van der Waals surface area contributed by atoms with Gasteiger partial charge in [-0.3, -0.25) is 0 Å². The van der Waals surface area contributed by atoms with Crippen molar-refractivity contribution in [3.8, 4) is 6.07 Å². The van der Waals surface area contributed by atoms with E-state index in [0.717, 1.165) is 6.42 Å². The van der Waals surface area contributed by atoms with Gasteiger partial charge in [0, 0.05) is 12.2 Å². The predicted octanol–water partition coefficient (Wildman–Crippen LogP) is 3.45. The summed E-state index contributed by atoms with van der Waals surface area (Å²) in [5.74, 6) is 1.09. The van der Waals surface area contributed by atoms with Crippen LogP contribution in [0.3, 0.4) is 0 Å². The highest BCUT2D eigenvalue weighted by Crippen LogP contribution is 2.24. The van der Waals surface area contributed by atoms with Crippen LogP contribution in [-0.2, 0) is 0 Å². The van der Waals surface area contributed by atoms with E-state index in [4.69, 9.17) is 16.9 Å². The van der Waals surface area contributed by atoms with E-state index in [-0.39, 0.29) is 0 Å². The zero-order chi connectivity index (χ0) is 12.1. The van der Waals surface area contributed by atoms with Crippen LogP contribution in [0.15, 0.2) is 12.3 Å². The van der Waals surface area contributed by atoms with Gasteiger partial charge in [0.15, 0.2) is 0 Å². The Morgan fingerprint density at radius 2 is 2.25 bits per heavy atom. The normalized spacial score (nSPS) is 12.2. The molecule has 1 rings (SSSR count). The lowest BCUT2D eigenvalue weighted by Gasteiger charge is -2.21. The second-order valence-corrected chi connectivity index (χ2v) is 4.41. The van der Waals surface area contributed by atoms with Gasteiger partial charge in [-0.05, 0) is 18.4 Å². The van der Waals surface area contributed by atoms with Crippen LogP contribution in [0.25, 0.3) is 0 Å². The zero-order valence-corrected chi connectivity index (χ0v) is 10.5. The summed E-state index contributed by atoms with van der Waals surface area (Å²) >= 11 is 6.07. The quantitative estimate of drug-likeness (QED) is 0.873. The maximum Gasteiger partial charge on any atom is 0.146 e. The fourth-order valence-electron chi connectivity index (χ4n) is 1.55. The van der Waals surface area contributed by atoms with Crippen molar-refractivity contribution < 1.29 is 0 Å². The summed E-state index contributed by atoms with van der Waals surface area (Å²) in [5, 5.41) is 12.5. The third-order valence-electron chi connectivity index (χ3n) is 2.58. The van der Waals surface area contributed by atoms with Crippen LogP contribution < -0.4 is 5.32 Å². The van der Waals surface area contributed by atoms with Crippen molar-refractivity contribution in [2.24, 2.45) is 5.92 Å². The Morgan fingerprint density at radius 1 is 1.56 bits per heavy atom. The van der Waals surface area contributed by atoms with Gasteiger partial charge in [-0.1, -0.05) is 32.4 Å². The maximum atomic E-state index is 8.85. The summed E-state index contributed by atoms with van der Waals surface area (Å²) < 4.78 is 0. The molecule has 3 nitrogen and oxygen atoms in total. The highest BCUT2D eigenvalue weighted by molar-refractivity contribution is 6.34. The molecule has 1 aromatic heterocycles. The zero-order valence-electron chi connectivity index (χ0n) is 9.79. The van der Waals surface area contributed by atoms with Gasteiger partial charge in [0.05, 0.1) is 5.56 Å². The molecule has 0 bridgehead atoms. The molecule has 0 aliphatic carbocycles. The molecular weight excluding hydrogens is 222 g/mol. The molecule has 0 aliphatic rings. The molecule has 0 aromatic carbocycles. The summed E-state index contributed by atoms with van der Waals surface area (Å²) in [6.07, 6.45) is 2.59. The maximum absolute atomic E-state index is 8.85. The summed E-state index contributed by atoms with van der Waals surface area (Å²) in [6.45, 7) is 6.39. The molecule has 1 heterocycles. The Morgan fingerprint density at radius 3 is 2.75 bits per heavy atom. The number of anilines is 1. The summed E-state index contributed by atoms with van der Waals surface area (Å²) in [5.41, 5.74) is 0.456. The number of hydrogen-bond donors (Lipinski definition) is 1. The minimum atomic E-state index is 0.318. The molecular formula is C12H16ClN3. The molecule has 0 saturated carbocycles. The molecule has 16 heavy (non-hydrogen) atoms. The molecule has 86 valence electrons. The molecule has 0 saturated heterocycles. The number of nitrogens with zero attached hydrogens (tertiary/aromatic N) is 2. The van der Waals surface area contributed by atoms with Crippen LogP contribution in [0.1, 0.15) is 32.8 Å². The monoisotopic (exact) mass is 237 g/mol. The van der Waals surface area contributed by atoms with Crippen molar-refractivity contribution in [2.75, 3.05) is 5.32 Å². The van der Waals surface area contributed by atoms with Crippen LogP contribution >= 0.6 is 11.6 Å². The Hall–Kier alpha value is -1.27. The molecule has 1 N–H and O–H groups in total. The van der Waals surface area contributed by atoms with Crippen LogP contribution in [0.5, 0.6) is 0 Å². The Bertz CT molecular complexity index is 396. The first-order valence-electron chi connectivity index (χ1n) is 5.41. The van der Waals surface area contributed by atoms with Crippen molar-refractivity contribution in [2.45, 2.75) is 33.2 Å². The van der Waals surface area contributed by atoms with Crippen LogP contribution in [-0.4, -0.2) is 11.0 Å². The lowest BCUT2D eigenvalue weighted by molar-refractivity contribution is 0.510. The highest BCUT2D eigenvalue weighted by atomic mass is 35.5. The van der Waals surface area contributed by atoms with Gasteiger partial charge in [-0.2, -0.15) is 5.26 Å².